The number of ether oxygens (including phenoxy) is 2. The number of nitrogens with zero attached hydrogens (tertiary/aromatic N) is 6. The lowest BCUT2D eigenvalue weighted by atomic mass is 9.93. The molecule has 5 aromatic rings. The normalized spacial score (nSPS) is 19.0. The highest BCUT2D eigenvalue weighted by atomic mass is 35.5. The van der Waals surface area contributed by atoms with E-state index in [2.05, 4.69) is 25.9 Å². The van der Waals surface area contributed by atoms with Crippen LogP contribution in [0.15, 0.2) is 42.7 Å². The van der Waals surface area contributed by atoms with Gasteiger partial charge in [0.2, 0.25) is 0 Å². The van der Waals surface area contributed by atoms with Crippen LogP contribution in [0, 0.1) is 30.0 Å². The summed E-state index contributed by atoms with van der Waals surface area (Å²) in [4.78, 5) is 34.4. The monoisotopic (exact) mass is 673 g/mol. The van der Waals surface area contributed by atoms with Crippen LogP contribution in [0.25, 0.3) is 32.9 Å². The van der Waals surface area contributed by atoms with E-state index < -0.39 is 11.9 Å². The second kappa shape index (κ2) is 12.2. The van der Waals surface area contributed by atoms with E-state index in [0.29, 0.717) is 64.0 Å². The Labute approximate surface area is 280 Å². The summed E-state index contributed by atoms with van der Waals surface area (Å²) in [6.07, 6.45) is 4.02. The Morgan fingerprint density at radius 1 is 1.17 bits per heavy atom. The van der Waals surface area contributed by atoms with E-state index in [-0.39, 0.29) is 40.5 Å². The van der Waals surface area contributed by atoms with Crippen molar-refractivity contribution < 1.29 is 18.7 Å². The van der Waals surface area contributed by atoms with Crippen molar-refractivity contribution in [3.05, 3.63) is 75.5 Å². The molecule has 13 heteroatoms. The van der Waals surface area contributed by atoms with Gasteiger partial charge in [0.15, 0.2) is 11.6 Å². The summed E-state index contributed by atoms with van der Waals surface area (Å²) in [5.74, 6) is 0.518. The maximum absolute atomic E-state index is 16.7. The summed E-state index contributed by atoms with van der Waals surface area (Å²) in [5, 5.41) is 11.3. The number of nitriles is 1. The average Bonchev–Trinajstić information content (AvgIpc) is 3.64. The zero-order chi connectivity index (χ0) is 33.0. The molecule has 2 saturated heterocycles. The Kier molecular flexibility index (Phi) is 8.02. The third-order valence-electron chi connectivity index (χ3n) is 9.27. The van der Waals surface area contributed by atoms with Gasteiger partial charge in [0.25, 0.3) is 5.88 Å². The first kappa shape index (κ1) is 31.0. The fourth-order valence-electron chi connectivity index (χ4n) is 7.35. The Balaban J connectivity index is 1.38. The van der Waals surface area contributed by atoms with Gasteiger partial charge < -0.3 is 19.4 Å². The van der Waals surface area contributed by atoms with Crippen LogP contribution in [0.2, 0.25) is 10.0 Å². The lowest BCUT2D eigenvalue weighted by Crippen LogP contribution is -2.44. The number of carbonyl (C=O) groups excluding carboxylic acids is 1. The molecule has 2 aromatic carbocycles. The second-order valence-corrected chi connectivity index (χ2v) is 12.6. The van der Waals surface area contributed by atoms with Gasteiger partial charge in [-0.25, -0.2) is 24.1 Å². The average molecular weight is 675 g/mol. The Bertz CT molecular complexity index is 2100. The van der Waals surface area contributed by atoms with Crippen LogP contribution in [0.3, 0.4) is 0 Å². The molecular formula is C34H30Cl2FN7O3. The van der Waals surface area contributed by atoms with Crippen LogP contribution >= 0.6 is 23.2 Å². The predicted molar refractivity (Wildman–Crippen MR) is 177 cm³/mol. The topological polar surface area (TPSA) is 120 Å². The Morgan fingerprint density at radius 3 is 2.74 bits per heavy atom. The number of amides is 1. The number of halogens is 3. The van der Waals surface area contributed by atoms with Crippen molar-refractivity contribution in [3.8, 4) is 23.1 Å². The van der Waals surface area contributed by atoms with Crippen molar-refractivity contribution in [1.82, 2.24) is 24.8 Å². The number of likely N-dealkylation sites (tertiary alicyclic amines) is 1. The Morgan fingerprint density at radius 2 is 1.98 bits per heavy atom. The summed E-state index contributed by atoms with van der Waals surface area (Å²) in [5.41, 5.74) is 3.62. The predicted octanol–water partition coefficient (Wildman–Crippen LogP) is 7.41. The van der Waals surface area contributed by atoms with Crippen LogP contribution in [0.1, 0.15) is 35.8 Å². The summed E-state index contributed by atoms with van der Waals surface area (Å²) < 4.78 is 27.4. The number of aromatic amines is 1. The molecule has 1 amide bonds. The van der Waals surface area contributed by atoms with Gasteiger partial charge in [-0.1, -0.05) is 35.3 Å². The molecule has 2 aliphatic rings. The SMILES string of the molecule is COC(=O)N1C2CC(CN(c3nccnc3OC)C2)C1c1cc2c(C)nc3c(F)c(-c4cccc(Cl)c4Cl)c(CCC#N)cc3c2[nH]1. The number of hydrogen-bond acceptors (Lipinski definition) is 8. The molecule has 2 fully saturated rings. The molecule has 0 radical (unpaired) electrons. The fraction of sp³-hybridized carbons (Fsp3) is 0.324. The van der Waals surface area contributed by atoms with Crippen LogP contribution in [-0.4, -0.2) is 64.3 Å². The van der Waals surface area contributed by atoms with E-state index in [1.54, 1.807) is 42.6 Å². The van der Waals surface area contributed by atoms with Crippen LogP contribution in [-0.2, 0) is 11.2 Å². The van der Waals surface area contributed by atoms with E-state index in [1.807, 2.05) is 19.1 Å². The van der Waals surface area contributed by atoms with Gasteiger partial charge in [0, 0.05) is 71.1 Å². The number of benzene rings is 2. The number of H-pyrrole nitrogens is 1. The van der Waals surface area contributed by atoms with Crippen molar-refractivity contribution in [2.45, 2.75) is 38.3 Å². The molecule has 1 N–H and O–H groups in total. The molecule has 5 heterocycles. The molecule has 3 aromatic heterocycles. The lowest BCUT2D eigenvalue weighted by molar-refractivity contribution is 0.102. The molecule has 2 bridgehead atoms. The molecular weight excluding hydrogens is 644 g/mol. The highest BCUT2D eigenvalue weighted by molar-refractivity contribution is 6.43. The third kappa shape index (κ3) is 5.07. The smallest absolute Gasteiger partial charge is 0.410 e. The summed E-state index contributed by atoms with van der Waals surface area (Å²) in [6, 6.07) is 10.6. The van der Waals surface area contributed by atoms with E-state index in [1.165, 1.54) is 7.11 Å². The van der Waals surface area contributed by atoms with Crippen molar-refractivity contribution in [3.63, 3.8) is 0 Å². The largest absolute Gasteiger partial charge is 0.478 e. The molecule has 0 aliphatic carbocycles. The van der Waals surface area contributed by atoms with E-state index in [9.17, 15) is 10.1 Å². The van der Waals surface area contributed by atoms with Gasteiger partial charge in [0.05, 0.1) is 47.9 Å². The van der Waals surface area contributed by atoms with E-state index in [4.69, 9.17) is 37.7 Å². The first-order chi connectivity index (χ1) is 22.7. The van der Waals surface area contributed by atoms with Gasteiger partial charge in [-0.15, -0.1) is 0 Å². The van der Waals surface area contributed by atoms with E-state index >= 15 is 4.39 Å². The quantitative estimate of drug-likeness (QED) is 0.198. The fourth-order valence-corrected chi connectivity index (χ4v) is 7.74. The first-order valence-electron chi connectivity index (χ1n) is 15.2. The zero-order valence-electron chi connectivity index (χ0n) is 25.9. The van der Waals surface area contributed by atoms with Crippen molar-refractivity contribution >= 4 is 56.9 Å². The van der Waals surface area contributed by atoms with Crippen LogP contribution < -0.4 is 9.64 Å². The highest BCUT2D eigenvalue weighted by Crippen LogP contribution is 2.47. The van der Waals surface area contributed by atoms with Gasteiger partial charge in [-0.2, -0.15) is 5.26 Å². The molecule has 3 unspecified atom stereocenters. The van der Waals surface area contributed by atoms with Crippen molar-refractivity contribution in [1.29, 1.82) is 5.26 Å². The summed E-state index contributed by atoms with van der Waals surface area (Å²) in [7, 11) is 2.94. The highest BCUT2D eigenvalue weighted by Gasteiger charge is 2.50. The van der Waals surface area contributed by atoms with Gasteiger partial charge in [-0.3, -0.25) is 4.90 Å². The maximum atomic E-state index is 16.7. The molecule has 3 atom stereocenters. The molecule has 47 heavy (non-hydrogen) atoms. The molecule has 0 saturated carbocycles. The second-order valence-electron chi connectivity index (χ2n) is 11.9. The minimum atomic E-state index is -0.540. The minimum Gasteiger partial charge on any atom is -0.478 e. The van der Waals surface area contributed by atoms with Gasteiger partial charge in [-0.05, 0) is 43.5 Å². The first-order valence-corrected chi connectivity index (χ1v) is 15.9. The number of anilines is 1. The minimum absolute atomic E-state index is 0.0200. The molecule has 2 aliphatic heterocycles. The third-order valence-corrected chi connectivity index (χ3v) is 10.1. The molecule has 10 nitrogen and oxygen atoms in total. The number of aryl methyl sites for hydroxylation is 2. The van der Waals surface area contributed by atoms with Crippen molar-refractivity contribution in [2.75, 3.05) is 32.2 Å². The summed E-state index contributed by atoms with van der Waals surface area (Å²) in [6.45, 7) is 2.97. The van der Waals surface area contributed by atoms with Crippen LogP contribution in [0.5, 0.6) is 5.88 Å². The Hall–Kier alpha value is -4.66. The lowest BCUT2D eigenvalue weighted by Gasteiger charge is -2.33. The standard InChI is InChI=1S/C34H30Cl2FN7O3/c1-17-22-14-25(31-19-12-20(44(31)34(45)47-3)16-43(15-19)32-33(46-2)40-11-10-39-32)42-29(22)23-13-18(6-5-9-38)26(28(37)30(23)41-17)21-7-4-8-24(35)27(21)36/h4,7-8,10-11,13-14,19-20,31,42H,5-6,12,15-16H2,1-3H3. The molecule has 240 valence electrons. The number of rotatable bonds is 6. The summed E-state index contributed by atoms with van der Waals surface area (Å²) >= 11 is 12.9. The number of pyridine rings is 1. The molecule has 0 spiro atoms. The zero-order valence-corrected chi connectivity index (χ0v) is 27.4. The number of fused-ring (bicyclic) bond motifs is 5. The van der Waals surface area contributed by atoms with Crippen LogP contribution in [0.4, 0.5) is 15.0 Å². The van der Waals surface area contributed by atoms with Gasteiger partial charge in [0.1, 0.15) is 5.52 Å². The number of methoxy groups -OCH3 is 2. The number of piperidine rings is 1. The van der Waals surface area contributed by atoms with E-state index in [0.717, 1.165) is 17.5 Å². The number of aromatic nitrogens is 4. The van der Waals surface area contributed by atoms with Gasteiger partial charge >= 0.3 is 6.09 Å². The number of carbonyl (C=O) groups is 1. The maximum Gasteiger partial charge on any atom is 0.410 e. The molecule has 7 rings (SSSR count). The number of hydrogen-bond donors (Lipinski definition) is 1. The number of nitrogens with one attached hydrogen (secondary N) is 1. The van der Waals surface area contributed by atoms with Crippen molar-refractivity contribution in [2.24, 2.45) is 5.92 Å².